The first-order valence-electron chi connectivity index (χ1n) is 17.4. The molecule has 0 atom stereocenters. The van der Waals surface area contributed by atoms with Gasteiger partial charge in [0.25, 0.3) is 0 Å². The third-order valence-corrected chi connectivity index (χ3v) is 7.75. The highest BCUT2D eigenvalue weighted by Crippen LogP contribution is 2.33. The Labute approximate surface area is 316 Å². The summed E-state index contributed by atoms with van der Waals surface area (Å²) in [4.78, 5) is 34.5. The van der Waals surface area contributed by atoms with Crippen molar-refractivity contribution in [3.05, 3.63) is 96.3 Å². The summed E-state index contributed by atoms with van der Waals surface area (Å²) in [5.41, 5.74) is 26.9. The van der Waals surface area contributed by atoms with Crippen molar-refractivity contribution in [2.45, 2.75) is 38.5 Å². The van der Waals surface area contributed by atoms with Crippen molar-refractivity contribution >= 4 is 23.7 Å². The van der Waals surface area contributed by atoms with E-state index in [9.17, 15) is 9.59 Å². The Morgan fingerprint density at radius 2 is 1.04 bits per heavy atom. The van der Waals surface area contributed by atoms with Crippen molar-refractivity contribution in [2.24, 2.45) is 32.9 Å². The molecule has 0 unspecified atom stereocenters. The normalized spacial score (nSPS) is 10.4. The van der Waals surface area contributed by atoms with Crippen LogP contribution in [0.3, 0.4) is 0 Å². The fourth-order valence-electron chi connectivity index (χ4n) is 5.14. The fraction of sp³-hybridized carbons (Fsp3) is 0.325. The molecule has 4 rings (SSSR count). The number of guanidine groups is 2. The van der Waals surface area contributed by atoms with Gasteiger partial charge in [-0.25, -0.2) is 0 Å². The summed E-state index contributed by atoms with van der Waals surface area (Å²) in [5.74, 6) is 1.19. The van der Waals surface area contributed by atoms with Gasteiger partial charge in [-0.1, -0.05) is 36.4 Å². The van der Waals surface area contributed by atoms with Crippen LogP contribution >= 0.6 is 0 Å². The predicted octanol–water partition coefficient (Wildman–Crippen LogP) is 4.41. The monoisotopic (exact) mass is 741 g/mol. The average Bonchev–Trinajstić information content (AvgIpc) is 3.17. The van der Waals surface area contributed by atoms with Crippen molar-refractivity contribution in [1.82, 2.24) is 4.98 Å². The highest BCUT2D eigenvalue weighted by Gasteiger charge is 2.12. The number of carbonyl (C=O) groups excluding carboxylic acids is 2. The number of hydrogen-bond acceptors (Lipinski definition) is 8. The number of nitrogens with two attached hydrogens (primary N) is 4. The minimum atomic E-state index is -0.346. The van der Waals surface area contributed by atoms with Gasteiger partial charge in [0, 0.05) is 76.6 Å². The molecule has 2 amide bonds. The van der Waals surface area contributed by atoms with Gasteiger partial charge in [-0.05, 0) is 71.5 Å². The molecule has 0 aliphatic rings. The van der Waals surface area contributed by atoms with E-state index in [1.54, 1.807) is 33.7 Å². The highest BCUT2D eigenvalue weighted by molar-refractivity contribution is 5.92. The molecule has 1 heterocycles. The molecular formula is C40H51N7O7. The number of aromatic nitrogens is 1. The number of ether oxygens (including phenoxy) is 5. The Balaban J connectivity index is 0.000000291. The maximum absolute atomic E-state index is 11.7. The smallest absolute Gasteiger partial charge is 0.249 e. The Hall–Kier alpha value is -5.99. The van der Waals surface area contributed by atoms with E-state index < -0.39 is 0 Å². The molecule has 3 aromatic carbocycles. The van der Waals surface area contributed by atoms with Gasteiger partial charge in [0.1, 0.15) is 17.2 Å². The average molecular weight is 742 g/mol. The molecule has 14 heteroatoms. The second kappa shape index (κ2) is 23.5. The van der Waals surface area contributed by atoms with Gasteiger partial charge in [-0.15, -0.1) is 0 Å². The third-order valence-electron chi connectivity index (χ3n) is 7.75. The van der Waals surface area contributed by atoms with Gasteiger partial charge >= 0.3 is 0 Å². The van der Waals surface area contributed by atoms with E-state index >= 15 is 0 Å². The molecule has 288 valence electrons. The molecule has 0 spiro atoms. The van der Waals surface area contributed by atoms with Gasteiger partial charge in [0.15, 0.2) is 11.9 Å². The topological polar surface area (TPSA) is 222 Å². The third kappa shape index (κ3) is 15.3. The zero-order valence-electron chi connectivity index (χ0n) is 31.2. The second-order valence-electron chi connectivity index (χ2n) is 11.9. The maximum Gasteiger partial charge on any atom is 0.249 e. The number of hydrogen-bond donors (Lipinski definition) is 4. The standard InChI is InChI=1S/C21H27N3O4.C19H24N4O3/c1-26-12-3-13-28-19-14-15(5-11-20(25)24-21(22)23)4-10-18(19)16-6-8-17(27-2)9-7-16;1-25-11-2-12-26-17-13-14(4-6-18(24)23-19(20)21)3-5-16(17)15-7-9-22-10-8-15/h4,6-10,14H,3,5,11-13H2,1-2H3,(H4,22,23,24,25);3,5,7-10,13H,2,4,6,11-12H2,1H3,(H4,20,21,23,24). The van der Waals surface area contributed by atoms with E-state index in [1.165, 1.54) is 0 Å². The molecule has 0 saturated heterocycles. The Morgan fingerprint density at radius 3 is 1.44 bits per heavy atom. The summed E-state index contributed by atoms with van der Waals surface area (Å²) in [7, 11) is 4.96. The lowest BCUT2D eigenvalue weighted by Gasteiger charge is -2.14. The van der Waals surface area contributed by atoms with Crippen LogP contribution in [-0.2, 0) is 31.9 Å². The Bertz CT molecular complexity index is 1810. The minimum absolute atomic E-state index is 0.217. The predicted molar refractivity (Wildman–Crippen MR) is 210 cm³/mol. The van der Waals surface area contributed by atoms with Gasteiger partial charge < -0.3 is 46.6 Å². The molecule has 8 N–H and O–H groups in total. The zero-order valence-corrected chi connectivity index (χ0v) is 31.2. The number of aliphatic imine (C=N–C) groups is 2. The lowest BCUT2D eigenvalue weighted by Crippen LogP contribution is -2.24. The van der Waals surface area contributed by atoms with E-state index in [0.717, 1.165) is 63.5 Å². The number of amides is 2. The Morgan fingerprint density at radius 1 is 0.593 bits per heavy atom. The van der Waals surface area contributed by atoms with Crippen molar-refractivity contribution in [3.63, 3.8) is 0 Å². The molecule has 0 aliphatic heterocycles. The summed E-state index contributed by atoms with van der Waals surface area (Å²) >= 11 is 0. The number of rotatable bonds is 19. The summed E-state index contributed by atoms with van der Waals surface area (Å²) in [5, 5.41) is 0. The molecule has 0 saturated carbocycles. The van der Waals surface area contributed by atoms with Crippen LogP contribution in [0.2, 0.25) is 0 Å². The first-order chi connectivity index (χ1) is 26.1. The number of aryl methyl sites for hydroxylation is 2. The summed E-state index contributed by atoms with van der Waals surface area (Å²) in [6.45, 7) is 2.34. The van der Waals surface area contributed by atoms with Gasteiger partial charge in [0.05, 0.1) is 20.3 Å². The van der Waals surface area contributed by atoms with Crippen LogP contribution in [0.1, 0.15) is 36.8 Å². The van der Waals surface area contributed by atoms with Crippen LogP contribution in [0.5, 0.6) is 17.2 Å². The number of nitrogens with zero attached hydrogens (tertiary/aromatic N) is 3. The summed E-state index contributed by atoms with van der Waals surface area (Å²) < 4.78 is 27.3. The summed E-state index contributed by atoms with van der Waals surface area (Å²) in [6, 6.07) is 23.5. The number of carbonyl (C=O) groups is 2. The molecular weight excluding hydrogens is 690 g/mol. The number of methoxy groups -OCH3 is 3. The second-order valence-corrected chi connectivity index (χ2v) is 11.9. The van der Waals surface area contributed by atoms with Crippen molar-refractivity contribution in [1.29, 1.82) is 0 Å². The van der Waals surface area contributed by atoms with Crippen LogP contribution in [0, 0.1) is 0 Å². The fourth-order valence-corrected chi connectivity index (χ4v) is 5.14. The van der Waals surface area contributed by atoms with Crippen LogP contribution in [0.25, 0.3) is 22.3 Å². The zero-order chi connectivity index (χ0) is 39.1. The van der Waals surface area contributed by atoms with E-state index in [-0.39, 0.29) is 36.6 Å². The van der Waals surface area contributed by atoms with Crippen LogP contribution in [0.15, 0.2) is 95.2 Å². The van der Waals surface area contributed by atoms with Gasteiger partial charge in [0.2, 0.25) is 11.8 Å². The molecule has 54 heavy (non-hydrogen) atoms. The van der Waals surface area contributed by atoms with E-state index in [2.05, 4.69) is 15.0 Å². The van der Waals surface area contributed by atoms with Gasteiger partial charge in [-0.2, -0.15) is 9.98 Å². The Kier molecular flexibility index (Phi) is 18.5. The molecule has 14 nitrogen and oxygen atoms in total. The molecule has 0 fully saturated rings. The number of benzene rings is 3. The molecule has 0 bridgehead atoms. The van der Waals surface area contributed by atoms with Crippen LogP contribution < -0.4 is 37.1 Å². The first-order valence-corrected chi connectivity index (χ1v) is 17.4. The lowest BCUT2D eigenvalue weighted by molar-refractivity contribution is -0.118. The first kappa shape index (κ1) is 42.4. The van der Waals surface area contributed by atoms with Crippen LogP contribution in [0.4, 0.5) is 0 Å². The van der Waals surface area contributed by atoms with Crippen molar-refractivity contribution in [2.75, 3.05) is 47.8 Å². The number of pyridine rings is 1. The van der Waals surface area contributed by atoms with Crippen molar-refractivity contribution < 1.29 is 33.3 Å². The quantitative estimate of drug-likeness (QED) is 0.0596. The van der Waals surface area contributed by atoms with Crippen molar-refractivity contribution in [3.8, 4) is 39.5 Å². The molecule has 1 aromatic heterocycles. The lowest BCUT2D eigenvalue weighted by atomic mass is 10.0. The van der Waals surface area contributed by atoms with E-state index in [0.29, 0.717) is 39.3 Å². The van der Waals surface area contributed by atoms with E-state index in [4.69, 9.17) is 46.6 Å². The summed E-state index contributed by atoms with van der Waals surface area (Å²) in [6.07, 6.45) is 6.56. The molecule has 4 aromatic rings. The molecule has 0 radical (unpaired) electrons. The highest BCUT2D eigenvalue weighted by atomic mass is 16.5. The largest absolute Gasteiger partial charge is 0.497 e. The maximum atomic E-state index is 11.7. The molecule has 0 aliphatic carbocycles. The van der Waals surface area contributed by atoms with Crippen LogP contribution in [-0.4, -0.2) is 76.5 Å². The van der Waals surface area contributed by atoms with Gasteiger partial charge in [-0.3, -0.25) is 14.6 Å². The minimum Gasteiger partial charge on any atom is -0.497 e. The van der Waals surface area contributed by atoms with E-state index in [1.807, 2.05) is 72.8 Å². The SMILES string of the molecule is COCCCOc1cc(CCC(=O)N=C(N)N)ccc1-c1ccc(OC)cc1.COCCCOc1cc(CCC(=O)N=C(N)N)ccc1-c1ccncc1.